The van der Waals surface area contributed by atoms with Crippen LogP contribution in [0.15, 0.2) is 24.3 Å². The second-order valence-corrected chi connectivity index (χ2v) is 6.34. The summed E-state index contributed by atoms with van der Waals surface area (Å²) in [4.78, 5) is 11.9. The standard InChI is InChI=1S/C14H18ClNO2S/c15-11-5-3-10(4-6-11)13(17)8-14(18)16-12-2-1-7-19-9-12/h3-6,12-13,17H,1-2,7-9H2,(H,16,18)/t12-,13-/m1/s1. The van der Waals surface area contributed by atoms with Gasteiger partial charge in [-0.15, -0.1) is 0 Å². The number of benzene rings is 1. The van der Waals surface area contributed by atoms with Crippen molar-refractivity contribution in [1.29, 1.82) is 0 Å². The van der Waals surface area contributed by atoms with Gasteiger partial charge in [-0.25, -0.2) is 0 Å². The van der Waals surface area contributed by atoms with E-state index < -0.39 is 6.10 Å². The van der Waals surface area contributed by atoms with E-state index in [2.05, 4.69) is 5.32 Å². The molecule has 2 rings (SSSR count). The predicted molar refractivity (Wildman–Crippen MR) is 79.5 cm³/mol. The number of aliphatic hydroxyl groups is 1. The van der Waals surface area contributed by atoms with Crippen LogP contribution in [0.25, 0.3) is 0 Å². The number of carbonyl (C=O) groups excluding carboxylic acids is 1. The Morgan fingerprint density at radius 1 is 1.47 bits per heavy atom. The summed E-state index contributed by atoms with van der Waals surface area (Å²) in [5.41, 5.74) is 0.720. The Bertz CT molecular complexity index is 418. The normalized spacial score (nSPS) is 20.8. The van der Waals surface area contributed by atoms with Crippen molar-refractivity contribution in [1.82, 2.24) is 5.32 Å². The summed E-state index contributed by atoms with van der Waals surface area (Å²) in [7, 11) is 0. The van der Waals surface area contributed by atoms with Crippen molar-refractivity contribution in [2.75, 3.05) is 11.5 Å². The zero-order chi connectivity index (χ0) is 13.7. The average Bonchev–Trinajstić information content (AvgIpc) is 2.40. The van der Waals surface area contributed by atoms with E-state index in [0.29, 0.717) is 5.02 Å². The molecule has 0 saturated carbocycles. The lowest BCUT2D eigenvalue weighted by atomic mass is 10.1. The highest BCUT2D eigenvalue weighted by Crippen LogP contribution is 2.20. The third-order valence-electron chi connectivity index (χ3n) is 3.16. The van der Waals surface area contributed by atoms with Crippen LogP contribution < -0.4 is 5.32 Å². The maximum Gasteiger partial charge on any atom is 0.223 e. The fraction of sp³-hybridized carbons (Fsp3) is 0.500. The summed E-state index contributed by atoms with van der Waals surface area (Å²) in [5, 5.41) is 13.6. The molecule has 1 aromatic carbocycles. The highest BCUT2D eigenvalue weighted by atomic mass is 35.5. The third kappa shape index (κ3) is 4.71. The fourth-order valence-electron chi connectivity index (χ4n) is 2.12. The summed E-state index contributed by atoms with van der Waals surface area (Å²) in [5.74, 6) is 2.07. The molecule has 1 saturated heterocycles. The number of halogens is 1. The number of amides is 1. The van der Waals surface area contributed by atoms with E-state index in [1.807, 2.05) is 11.8 Å². The fourth-order valence-corrected chi connectivity index (χ4v) is 3.32. The van der Waals surface area contributed by atoms with Crippen molar-refractivity contribution in [3.8, 4) is 0 Å². The van der Waals surface area contributed by atoms with Crippen LogP contribution in [-0.4, -0.2) is 28.6 Å². The van der Waals surface area contributed by atoms with Gasteiger partial charge in [0.15, 0.2) is 0 Å². The number of nitrogens with one attached hydrogen (secondary N) is 1. The van der Waals surface area contributed by atoms with Crippen LogP contribution in [-0.2, 0) is 4.79 Å². The molecule has 1 amide bonds. The van der Waals surface area contributed by atoms with E-state index in [1.54, 1.807) is 24.3 Å². The second-order valence-electron chi connectivity index (χ2n) is 4.75. The van der Waals surface area contributed by atoms with Gasteiger partial charge in [0.25, 0.3) is 0 Å². The van der Waals surface area contributed by atoms with Crippen molar-refractivity contribution in [3.63, 3.8) is 0 Å². The van der Waals surface area contributed by atoms with E-state index in [-0.39, 0.29) is 18.4 Å². The van der Waals surface area contributed by atoms with Crippen molar-refractivity contribution in [2.24, 2.45) is 0 Å². The molecule has 1 heterocycles. The van der Waals surface area contributed by atoms with Crippen LogP contribution in [0.1, 0.15) is 30.9 Å². The molecule has 5 heteroatoms. The van der Waals surface area contributed by atoms with Gasteiger partial charge < -0.3 is 10.4 Å². The first-order valence-electron chi connectivity index (χ1n) is 6.46. The molecule has 2 atom stereocenters. The van der Waals surface area contributed by atoms with E-state index >= 15 is 0 Å². The van der Waals surface area contributed by atoms with Gasteiger partial charge in [0.2, 0.25) is 5.91 Å². The summed E-state index contributed by atoms with van der Waals surface area (Å²) in [6, 6.07) is 7.18. The third-order valence-corrected chi connectivity index (χ3v) is 4.63. The Balaban J connectivity index is 1.82. The van der Waals surface area contributed by atoms with Gasteiger partial charge >= 0.3 is 0 Å². The molecule has 3 nitrogen and oxygen atoms in total. The summed E-state index contributed by atoms with van der Waals surface area (Å²) < 4.78 is 0. The van der Waals surface area contributed by atoms with Gasteiger partial charge in [-0.2, -0.15) is 11.8 Å². The van der Waals surface area contributed by atoms with Gasteiger partial charge in [-0.05, 0) is 36.3 Å². The molecule has 0 radical (unpaired) electrons. The first-order chi connectivity index (χ1) is 9.15. The number of rotatable bonds is 4. The summed E-state index contributed by atoms with van der Waals surface area (Å²) in [6.45, 7) is 0. The maximum atomic E-state index is 11.9. The van der Waals surface area contributed by atoms with E-state index in [4.69, 9.17) is 11.6 Å². The molecular formula is C14H18ClNO2S. The molecule has 2 N–H and O–H groups in total. The number of hydrogen-bond acceptors (Lipinski definition) is 3. The highest BCUT2D eigenvalue weighted by molar-refractivity contribution is 7.99. The molecule has 19 heavy (non-hydrogen) atoms. The van der Waals surface area contributed by atoms with E-state index in [9.17, 15) is 9.90 Å². The van der Waals surface area contributed by atoms with Crippen molar-refractivity contribution in [3.05, 3.63) is 34.9 Å². The molecule has 0 aromatic heterocycles. The molecule has 104 valence electrons. The molecule has 1 aromatic rings. The minimum Gasteiger partial charge on any atom is -0.388 e. The SMILES string of the molecule is O=C(C[C@@H](O)c1ccc(Cl)cc1)N[C@@H]1CCCSC1. The lowest BCUT2D eigenvalue weighted by Gasteiger charge is -2.23. The Kier molecular flexibility index (Phi) is 5.55. The Morgan fingerprint density at radius 2 is 2.21 bits per heavy atom. The predicted octanol–water partition coefficient (Wildman–Crippen LogP) is 2.78. The summed E-state index contributed by atoms with van der Waals surface area (Å²) >= 11 is 7.66. The minimum atomic E-state index is -0.770. The van der Waals surface area contributed by atoms with Crippen molar-refractivity contribution < 1.29 is 9.90 Å². The van der Waals surface area contributed by atoms with Crippen LogP contribution >= 0.6 is 23.4 Å². The molecule has 0 unspecified atom stereocenters. The van der Waals surface area contributed by atoms with Crippen LogP contribution in [0.5, 0.6) is 0 Å². The Hall–Kier alpha value is -0.710. The first kappa shape index (κ1) is 14.7. The van der Waals surface area contributed by atoms with Crippen LogP contribution in [0.4, 0.5) is 0 Å². The minimum absolute atomic E-state index is 0.0880. The zero-order valence-corrected chi connectivity index (χ0v) is 12.2. The maximum absolute atomic E-state index is 11.9. The van der Waals surface area contributed by atoms with E-state index in [1.165, 1.54) is 5.75 Å². The van der Waals surface area contributed by atoms with Gasteiger partial charge in [-0.3, -0.25) is 4.79 Å². The summed E-state index contributed by atoms with van der Waals surface area (Å²) in [6.07, 6.45) is 1.52. The van der Waals surface area contributed by atoms with Crippen molar-refractivity contribution >= 4 is 29.3 Å². The van der Waals surface area contributed by atoms with Gasteiger partial charge in [-0.1, -0.05) is 23.7 Å². The number of aliphatic hydroxyl groups excluding tert-OH is 1. The van der Waals surface area contributed by atoms with Gasteiger partial charge in [0.05, 0.1) is 12.5 Å². The Morgan fingerprint density at radius 3 is 2.84 bits per heavy atom. The lowest BCUT2D eigenvalue weighted by molar-refractivity contribution is -0.123. The highest BCUT2D eigenvalue weighted by Gasteiger charge is 2.18. The quantitative estimate of drug-likeness (QED) is 0.899. The van der Waals surface area contributed by atoms with Crippen LogP contribution in [0.3, 0.4) is 0 Å². The molecule has 0 bridgehead atoms. The molecular weight excluding hydrogens is 282 g/mol. The van der Waals surface area contributed by atoms with Gasteiger partial charge in [0, 0.05) is 16.8 Å². The molecule has 0 spiro atoms. The zero-order valence-electron chi connectivity index (χ0n) is 10.6. The monoisotopic (exact) mass is 299 g/mol. The average molecular weight is 300 g/mol. The largest absolute Gasteiger partial charge is 0.388 e. The van der Waals surface area contributed by atoms with Crippen LogP contribution in [0, 0.1) is 0 Å². The molecule has 1 aliphatic rings. The second kappa shape index (κ2) is 7.17. The van der Waals surface area contributed by atoms with E-state index in [0.717, 1.165) is 24.2 Å². The number of carbonyl (C=O) groups is 1. The topological polar surface area (TPSA) is 49.3 Å². The number of hydrogen-bond donors (Lipinski definition) is 2. The number of thioether (sulfide) groups is 1. The lowest BCUT2D eigenvalue weighted by Crippen LogP contribution is -2.38. The molecule has 1 fully saturated rings. The Labute approximate surface area is 122 Å². The first-order valence-corrected chi connectivity index (χ1v) is 7.99. The van der Waals surface area contributed by atoms with Crippen LogP contribution in [0.2, 0.25) is 5.02 Å². The van der Waals surface area contributed by atoms with Gasteiger partial charge in [0.1, 0.15) is 0 Å². The molecule has 0 aliphatic carbocycles. The smallest absolute Gasteiger partial charge is 0.223 e. The van der Waals surface area contributed by atoms with Crippen molar-refractivity contribution in [2.45, 2.75) is 31.4 Å². The molecule has 1 aliphatic heterocycles.